The summed E-state index contributed by atoms with van der Waals surface area (Å²) in [4.78, 5) is 29.9. The molecule has 0 unspecified atom stereocenters. The van der Waals surface area contributed by atoms with Gasteiger partial charge in [0.25, 0.3) is 11.5 Å². The van der Waals surface area contributed by atoms with Crippen molar-refractivity contribution in [3.8, 4) is 5.75 Å². The molecule has 0 bridgehead atoms. The van der Waals surface area contributed by atoms with Crippen LogP contribution < -0.4 is 15.6 Å². The van der Waals surface area contributed by atoms with Crippen LogP contribution in [0.25, 0.3) is 10.9 Å². The first-order chi connectivity index (χ1) is 16.8. The molecule has 0 saturated heterocycles. The van der Waals surface area contributed by atoms with Crippen molar-refractivity contribution in [3.05, 3.63) is 98.8 Å². The molecule has 0 aliphatic carbocycles. The van der Waals surface area contributed by atoms with E-state index in [4.69, 9.17) is 4.74 Å². The Morgan fingerprint density at radius 2 is 1.94 bits per heavy atom. The van der Waals surface area contributed by atoms with E-state index in [0.29, 0.717) is 33.7 Å². The Labute approximate surface area is 209 Å². The Morgan fingerprint density at radius 1 is 1.17 bits per heavy atom. The molecule has 4 aromatic rings. The molecule has 9 heteroatoms. The number of aromatic nitrogens is 2. The summed E-state index contributed by atoms with van der Waals surface area (Å²) in [6.45, 7) is 3.67. The molecule has 1 amide bonds. The average Bonchev–Trinajstić information content (AvgIpc) is 2.84. The smallest absolute Gasteiger partial charge is 0.282 e. The highest BCUT2D eigenvalue weighted by molar-refractivity contribution is 9.10. The maximum atomic E-state index is 13.1. The Morgan fingerprint density at radius 3 is 2.69 bits per heavy atom. The van der Waals surface area contributed by atoms with Crippen LogP contribution in [0, 0.1) is 5.82 Å². The number of halogens is 2. The fourth-order valence-electron chi connectivity index (χ4n) is 3.34. The molecule has 0 aliphatic heterocycles. The lowest BCUT2D eigenvalue weighted by Crippen LogP contribution is -2.23. The number of hydrogen-bond donors (Lipinski definition) is 1. The molecule has 1 N–H and O–H groups in total. The molecule has 1 aromatic heterocycles. The van der Waals surface area contributed by atoms with Gasteiger partial charge in [0.05, 0.1) is 17.1 Å². The number of benzene rings is 3. The fourth-order valence-corrected chi connectivity index (χ4v) is 3.70. The van der Waals surface area contributed by atoms with E-state index in [1.54, 1.807) is 42.6 Å². The van der Waals surface area contributed by atoms with Crippen LogP contribution in [-0.4, -0.2) is 28.4 Å². The first-order valence-corrected chi connectivity index (χ1v) is 11.6. The van der Waals surface area contributed by atoms with Crippen LogP contribution in [0.5, 0.6) is 5.75 Å². The van der Waals surface area contributed by atoms with Gasteiger partial charge in [-0.3, -0.25) is 9.59 Å². The standard InChI is InChI=1S/C26H22BrFN4O3/c1-16(2)25-31-23-11-6-18(27)13-22(23)26(34)32(25)29-14-17-4-3-5-21(12-17)35-15-24(33)30-20-9-7-19(28)8-10-20/h3-14,16H,15H2,1-2H3,(H,30,33). The summed E-state index contributed by atoms with van der Waals surface area (Å²) < 4.78 is 20.7. The number of nitrogens with one attached hydrogen (secondary N) is 1. The summed E-state index contributed by atoms with van der Waals surface area (Å²) in [5, 5.41) is 7.51. The van der Waals surface area contributed by atoms with E-state index in [0.717, 1.165) is 4.47 Å². The number of amides is 1. The zero-order valence-corrected chi connectivity index (χ0v) is 20.6. The second-order valence-electron chi connectivity index (χ2n) is 8.06. The van der Waals surface area contributed by atoms with Gasteiger partial charge in [-0.1, -0.05) is 41.9 Å². The molecule has 0 saturated carbocycles. The van der Waals surface area contributed by atoms with Gasteiger partial charge in [0, 0.05) is 16.1 Å². The van der Waals surface area contributed by atoms with Gasteiger partial charge in [-0.2, -0.15) is 9.78 Å². The third-order valence-corrected chi connectivity index (χ3v) is 5.52. The van der Waals surface area contributed by atoms with Crippen molar-refractivity contribution in [1.29, 1.82) is 0 Å². The van der Waals surface area contributed by atoms with E-state index in [1.807, 2.05) is 19.9 Å². The minimum Gasteiger partial charge on any atom is -0.484 e. The second-order valence-corrected chi connectivity index (χ2v) is 8.98. The van der Waals surface area contributed by atoms with E-state index in [-0.39, 0.29) is 29.8 Å². The zero-order valence-electron chi connectivity index (χ0n) is 19.0. The third-order valence-electron chi connectivity index (χ3n) is 5.03. The van der Waals surface area contributed by atoms with Crippen LogP contribution in [0.15, 0.2) is 81.1 Å². The van der Waals surface area contributed by atoms with E-state index >= 15 is 0 Å². The highest BCUT2D eigenvalue weighted by Crippen LogP contribution is 2.19. The average molecular weight is 537 g/mol. The minimum absolute atomic E-state index is 0.0258. The molecule has 0 spiro atoms. The predicted molar refractivity (Wildman–Crippen MR) is 138 cm³/mol. The number of carbonyl (C=O) groups is 1. The molecule has 178 valence electrons. The van der Waals surface area contributed by atoms with Crippen molar-refractivity contribution >= 4 is 44.6 Å². The number of hydrogen-bond acceptors (Lipinski definition) is 5. The van der Waals surface area contributed by atoms with Crippen molar-refractivity contribution in [2.75, 3.05) is 11.9 Å². The Hall–Kier alpha value is -3.85. The van der Waals surface area contributed by atoms with Gasteiger partial charge in [0.1, 0.15) is 17.4 Å². The summed E-state index contributed by atoms with van der Waals surface area (Å²) in [7, 11) is 0. The van der Waals surface area contributed by atoms with Crippen LogP contribution in [0.3, 0.4) is 0 Å². The summed E-state index contributed by atoms with van der Waals surface area (Å²) in [6, 6.07) is 17.8. The summed E-state index contributed by atoms with van der Waals surface area (Å²) in [6.07, 6.45) is 1.55. The number of ether oxygens (including phenoxy) is 1. The molecule has 3 aromatic carbocycles. The van der Waals surface area contributed by atoms with Gasteiger partial charge in [-0.15, -0.1) is 0 Å². The maximum Gasteiger partial charge on any atom is 0.282 e. The molecule has 1 heterocycles. The molecular weight excluding hydrogens is 515 g/mol. The van der Waals surface area contributed by atoms with Gasteiger partial charge in [-0.05, 0) is 60.2 Å². The van der Waals surface area contributed by atoms with Crippen LogP contribution in [0.4, 0.5) is 10.1 Å². The molecule has 4 rings (SSSR count). The molecule has 0 fully saturated rings. The van der Waals surface area contributed by atoms with Crippen molar-refractivity contribution in [1.82, 2.24) is 9.66 Å². The van der Waals surface area contributed by atoms with Gasteiger partial charge in [-0.25, -0.2) is 9.37 Å². The number of nitrogens with zero attached hydrogens (tertiary/aromatic N) is 3. The normalized spacial score (nSPS) is 11.3. The monoisotopic (exact) mass is 536 g/mol. The van der Waals surface area contributed by atoms with Gasteiger partial charge >= 0.3 is 0 Å². The predicted octanol–water partition coefficient (Wildman–Crippen LogP) is 5.32. The van der Waals surface area contributed by atoms with Crippen molar-refractivity contribution in [3.63, 3.8) is 0 Å². The van der Waals surface area contributed by atoms with E-state index in [1.165, 1.54) is 28.9 Å². The first-order valence-electron chi connectivity index (χ1n) is 10.8. The number of fused-ring (bicyclic) bond motifs is 1. The third kappa shape index (κ3) is 5.99. The van der Waals surface area contributed by atoms with Gasteiger partial charge in [0.2, 0.25) is 0 Å². The highest BCUT2D eigenvalue weighted by Gasteiger charge is 2.14. The number of carbonyl (C=O) groups excluding carboxylic acids is 1. The van der Waals surface area contributed by atoms with Crippen LogP contribution in [0.1, 0.15) is 31.2 Å². The minimum atomic E-state index is -0.382. The number of anilines is 1. The van der Waals surface area contributed by atoms with Crippen LogP contribution in [0.2, 0.25) is 0 Å². The van der Waals surface area contributed by atoms with E-state index < -0.39 is 0 Å². The molecule has 7 nitrogen and oxygen atoms in total. The molecule has 35 heavy (non-hydrogen) atoms. The van der Waals surface area contributed by atoms with Gasteiger partial charge in [0.15, 0.2) is 6.61 Å². The lowest BCUT2D eigenvalue weighted by Gasteiger charge is -2.12. The first kappa shape index (κ1) is 24.3. The summed E-state index contributed by atoms with van der Waals surface area (Å²) >= 11 is 3.40. The lowest BCUT2D eigenvalue weighted by atomic mass is 10.2. The zero-order chi connectivity index (χ0) is 24.9. The molecule has 0 atom stereocenters. The topological polar surface area (TPSA) is 85.6 Å². The molecular formula is C26H22BrFN4O3. The second kappa shape index (κ2) is 10.6. The lowest BCUT2D eigenvalue weighted by molar-refractivity contribution is -0.118. The van der Waals surface area contributed by atoms with Crippen molar-refractivity contribution in [2.24, 2.45) is 5.10 Å². The molecule has 0 aliphatic rings. The van der Waals surface area contributed by atoms with Crippen molar-refractivity contribution in [2.45, 2.75) is 19.8 Å². The van der Waals surface area contributed by atoms with E-state index in [2.05, 4.69) is 31.3 Å². The highest BCUT2D eigenvalue weighted by atomic mass is 79.9. The Bertz CT molecular complexity index is 1470. The Kier molecular flexibility index (Phi) is 7.36. The fraction of sp³-hybridized carbons (Fsp3) is 0.154. The Balaban J connectivity index is 1.51. The van der Waals surface area contributed by atoms with E-state index in [9.17, 15) is 14.0 Å². The van der Waals surface area contributed by atoms with Crippen LogP contribution in [-0.2, 0) is 4.79 Å². The SMILES string of the molecule is CC(C)c1nc2ccc(Br)cc2c(=O)n1N=Cc1cccc(OCC(=O)Nc2ccc(F)cc2)c1. The molecule has 0 radical (unpaired) electrons. The number of rotatable bonds is 7. The maximum absolute atomic E-state index is 13.1. The quantitative estimate of drug-likeness (QED) is 0.324. The van der Waals surface area contributed by atoms with Crippen molar-refractivity contribution < 1.29 is 13.9 Å². The summed E-state index contributed by atoms with van der Waals surface area (Å²) in [5.41, 5.74) is 1.50. The summed E-state index contributed by atoms with van der Waals surface area (Å²) in [5.74, 6) is 0.221. The van der Waals surface area contributed by atoms with Crippen LogP contribution >= 0.6 is 15.9 Å². The van der Waals surface area contributed by atoms with Gasteiger partial charge < -0.3 is 10.1 Å². The largest absolute Gasteiger partial charge is 0.484 e.